The van der Waals surface area contributed by atoms with Crippen molar-refractivity contribution in [2.24, 2.45) is 0 Å². The van der Waals surface area contributed by atoms with Crippen LogP contribution >= 0.6 is 0 Å². The molecule has 0 atom stereocenters. The molecule has 1 N–H and O–H groups in total. The second kappa shape index (κ2) is 4.05. The zero-order chi connectivity index (χ0) is 13.6. The highest BCUT2D eigenvalue weighted by Crippen LogP contribution is 2.47. The Morgan fingerprint density at radius 2 is 2.00 bits per heavy atom. The Hall–Kier alpha value is -1.91. The van der Waals surface area contributed by atoms with Gasteiger partial charge in [0.2, 0.25) is 0 Å². The van der Waals surface area contributed by atoms with Crippen molar-refractivity contribution in [1.29, 1.82) is 0 Å². The van der Waals surface area contributed by atoms with Crippen LogP contribution in [0.15, 0.2) is 18.2 Å². The average Bonchev–Trinajstić information content (AvgIpc) is 2.24. The summed E-state index contributed by atoms with van der Waals surface area (Å²) in [6.07, 6.45) is 4.10. The van der Waals surface area contributed by atoms with Crippen molar-refractivity contribution in [1.82, 2.24) is 4.90 Å². The van der Waals surface area contributed by atoms with E-state index < -0.39 is 11.8 Å². The molecular weight excluding hydrogens is 249 g/mol. The molecule has 1 saturated carbocycles. The summed E-state index contributed by atoms with van der Waals surface area (Å²) >= 11 is 0. The highest BCUT2D eigenvalue weighted by molar-refractivity contribution is 5.97. The average molecular weight is 263 g/mol. The molecule has 4 nitrogen and oxygen atoms in total. The molecule has 1 amide bonds. The number of rotatable bonds is 2. The fourth-order valence-electron chi connectivity index (χ4n) is 2.93. The molecule has 0 aromatic heterocycles. The smallest absolute Gasteiger partial charge is 0.335 e. The summed E-state index contributed by atoms with van der Waals surface area (Å²) in [5.41, 5.74) is -0.207. The Labute approximate surface area is 109 Å². The first kappa shape index (κ1) is 12.1. The Bertz CT molecular complexity index is 560. The number of carbonyl (C=O) groups is 2. The van der Waals surface area contributed by atoms with Gasteiger partial charge in [-0.25, -0.2) is 9.18 Å². The van der Waals surface area contributed by atoms with E-state index in [9.17, 15) is 14.0 Å². The molecule has 1 spiro atoms. The first-order valence-electron chi connectivity index (χ1n) is 6.38. The van der Waals surface area contributed by atoms with Crippen LogP contribution in [-0.2, 0) is 0 Å². The first-order valence-corrected chi connectivity index (χ1v) is 6.38. The lowest BCUT2D eigenvalue weighted by molar-refractivity contribution is -0.0490. The van der Waals surface area contributed by atoms with Gasteiger partial charge in [-0.3, -0.25) is 4.79 Å². The fraction of sp³-hybridized carbons (Fsp3) is 0.429. The molecule has 5 heteroatoms. The molecule has 0 bridgehead atoms. The summed E-state index contributed by atoms with van der Waals surface area (Å²) in [6.45, 7) is 0.666. The maximum atomic E-state index is 13.8. The molecule has 2 fully saturated rings. The second-order valence-corrected chi connectivity index (χ2v) is 5.28. The van der Waals surface area contributed by atoms with Gasteiger partial charge in [-0.15, -0.1) is 0 Å². The van der Waals surface area contributed by atoms with Gasteiger partial charge in [0.05, 0.1) is 11.1 Å². The Morgan fingerprint density at radius 3 is 2.42 bits per heavy atom. The molecule has 19 heavy (non-hydrogen) atoms. The summed E-state index contributed by atoms with van der Waals surface area (Å²) in [6, 6.07) is 3.44. The van der Waals surface area contributed by atoms with Gasteiger partial charge < -0.3 is 10.0 Å². The molecule has 2 aliphatic rings. The van der Waals surface area contributed by atoms with Gasteiger partial charge in [0.25, 0.3) is 5.91 Å². The zero-order valence-electron chi connectivity index (χ0n) is 10.4. The summed E-state index contributed by atoms with van der Waals surface area (Å²) in [5, 5.41) is 8.77. The van der Waals surface area contributed by atoms with Gasteiger partial charge in [-0.05, 0) is 43.9 Å². The topological polar surface area (TPSA) is 57.6 Å². The number of hydrogen-bond donors (Lipinski definition) is 1. The predicted molar refractivity (Wildman–Crippen MR) is 65.6 cm³/mol. The number of hydrogen-bond acceptors (Lipinski definition) is 2. The number of benzene rings is 1. The van der Waals surface area contributed by atoms with Crippen LogP contribution in [0.1, 0.15) is 46.4 Å². The van der Waals surface area contributed by atoms with Crippen molar-refractivity contribution in [3.8, 4) is 0 Å². The van der Waals surface area contributed by atoms with Crippen molar-refractivity contribution >= 4 is 11.9 Å². The minimum atomic E-state index is -1.20. The van der Waals surface area contributed by atoms with E-state index in [1.807, 2.05) is 0 Å². The largest absolute Gasteiger partial charge is 0.478 e. The number of likely N-dealkylation sites (tertiary alicyclic amines) is 1. The number of nitrogens with zero attached hydrogens (tertiary/aromatic N) is 1. The van der Waals surface area contributed by atoms with Crippen LogP contribution in [0, 0.1) is 5.82 Å². The van der Waals surface area contributed by atoms with Crippen LogP contribution in [0.25, 0.3) is 0 Å². The molecule has 1 aromatic carbocycles. The second-order valence-electron chi connectivity index (χ2n) is 5.28. The summed E-state index contributed by atoms with van der Waals surface area (Å²) < 4.78 is 13.8. The first-order chi connectivity index (χ1) is 9.03. The highest BCUT2D eigenvalue weighted by atomic mass is 19.1. The van der Waals surface area contributed by atoms with Gasteiger partial charge in [-0.2, -0.15) is 0 Å². The minimum Gasteiger partial charge on any atom is -0.478 e. The third kappa shape index (κ3) is 1.72. The van der Waals surface area contributed by atoms with Crippen LogP contribution < -0.4 is 0 Å². The summed E-state index contributed by atoms with van der Waals surface area (Å²) in [5.74, 6) is -2.27. The van der Waals surface area contributed by atoms with Gasteiger partial charge >= 0.3 is 5.97 Å². The fourth-order valence-corrected chi connectivity index (χ4v) is 2.93. The SMILES string of the molecule is O=C(O)c1ccc(C(=O)N2CCC23CCC3)c(F)c1. The minimum absolute atomic E-state index is 0.0315. The molecule has 1 heterocycles. The lowest BCUT2D eigenvalue weighted by Crippen LogP contribution is -2.65. The lowest BCUT2D eigenvalue weighted by Gasteiger charge is -2.58. The van der Waals surface area contributed by atoms with Gasteiger partial charge in [0, 0.05) is 12.1 Å². The monoisotopic (exact) mass is 263 g/mol. The Morgan fingerprint density at radius 1 is 1.26 bits per heavy atom. The predicted octanol–water partition coefficient (Wildman–Crippen LogP) is 2.29. The zero-order valence-corrected chi connectivity index (χ0v) is 10.4. The number of carboxylic acids is 1. The third-order valence-electron chi connectivity index (χ3n) is 4.35. The van der Waals surface area contributed by atoms with Gasteiger partial charge in [-0.1, -0.05) is 0 Å². The van der Waals surface area contributed by atoms with E-state index in [-0.39, 0.29) is 22.6 Å². The van der Waals surface area contributed by atoms with Crippen molar-refractivity contribution in [3.63, 3.8) is 0 Å². The van der Waals surface area contributed by atoms with Crippen molar-refractivity contribution in [2.45, 2.75) is 31.2 Å². The van der Waals surface area contributed by atoms with E-state index in [1.54, 1.807) is 4.90 Å². The van der Waals surface area contributed by atoms with Crippen LogP contribution in [0.2, 0.25) is 0 Å². The van der Waals surface area contributed by atoms with Crippen molar-refractivity contribution < 1.29 is 19.1 Å². The highest BCUT2D eigenvalue weighted by Gasteiger charge is 2.51. The Kier molecular flexibility index (Phi) is 2.59. The van der Waals surface area contributed by atoms with Crippen LogP contribution in [0.3, 0.4) is 0 Å². The molecule has 1 aliphatic heterocycles. The van der Waals surface area contributed by atoms with E-state index in [2.05, 4.69) is 0 Å². The quantitative estimate of drug-likeness (QED) is 0.890. The van der Waals surface area contributed by atoms with Gasteiger partial charge in [0.1, 0.15) is 5.82 Å². The van der Waals surface area contributed by atoms with Crippen LogP contribution in [-0.4, -0.2) is 34.0 Å². The number of amides is 1. The molecular formula is C14H14FNO3. The normalized spacial score (nSPS) is 19.7. The molecule has 0 unspecified atom stereocenters. The summed E-state index contributed by atoms with van der Waals surface area (Å²) in [4.78, 5) is 24.7. The molecule has 3 rings (SSSR count). The van der Waals surface area contributed by atoms with E-state index in [1.165, 1.54) is 12.1 Å². The lowest BCUT2D eigenvalue weighted by atomic mass is 9.67. The molecule has 100 valence electrons. The maximum Gasteiger partial charge on any atom is 0.335 e. The van der Waals surface area contributed by atoms with Crippen molar-refractivity contribution in [3.05, 3.63) is 35.1 Å². The molecule has 1 saturated heterocycles. The Balaban J connectivity index is 1.86. The number of carboxylic acid groups (broad SMARTS) is 1. The molecule has 0 radical (unpaired) electrons. The van der Waals surface area contributed by atoms with Crippen LogP contribution in [0.5, 0.6) is 0 Å². The van der Waals surface area contributed by atoms with E-state index in [4.69, 9.17) is 5.11 Å². The number of halogens is 1. The molecule has 1 aromatic rings. The number of carbonyl (C=O) groups excluding carboxylic acids is 1. The van der Waals surface area contributed by atoms with Crippen LogP contribution in [0.4, 0.5) is 4.39 Å². The third-order valence-corrected chi connectivity index (χ3v) is 4.35. The number of aromatic carboxylic acids is 1. The standard InChI is InChI=1S/C14H14FNO3/c15-11-8-9(13(18)19)2-3-10(11)12(17)16-7-6-14(16)4-1-5-14/h2-3,8H,1,4-7H2,(H,18,19). The van der Waals surface area contributed by atoms with E-state index >= 15 is 0 Å². The molecule has 1 aliphatic carbocycles. The van der Waals surface area contributed by atoms with E-state index in [0.29, 0.717) is 6.54 Å². The van der Waals surface area contributed by atoms with Crippen molar-refractivity contribution in [2.75, 3.05) is 6.54 Å². The summed E-state index contributed by atoms with van der Waals surface area (Å²) in [7, 11) is 0. The van der Waals surface area contributed by atoms with E-state index in [0.717, 1.165) is 31.7 Å². The van der Waals surface area contributed by atoms with Gasteiger partial charge in [0.15, 0.2) is 0 Å². The maximum absolute atomic E-state index is 13.8.